The maximum Gasteiger partial charge on any atom is 0.243 e. The minimum atomic E-state index is -3.56. The first-order valence-electron chi connectivity index (χ1n) is 8.48. The van der Waals surface area contributed by atoms with Gasteiger partial charge >= 0.3 is 0 Å². The van der Waals surface area contributed by atoms with Gasteiger partial charge in [0.25, 0.3) is 0 Å². The average Bonchev–Trinajstić information content (AvgIpc) is 3.13. The monoisotopic (exact) mass is 400 g/mol. The number of hydrogen-bond acceptors (Lipinski definition) is 5. The molecule has 0 radical (unpaired) electrons. The molecule has 0 saturated carbocycles. The lowest BCUT2D eigenvalue weighted by Crippen LogP contribution is -2.33. The van der Waals surface area contributed by atoms with Gasteiger partial charge in [0.05, 0.1) is 19.5 Å². The van der Waals surface area contributed by atoms with Gasteiger partial charge in [0.2, 0.25) is 10.0 Å². The van der Waals surface area contributed by atoms with E-state index < -0.39 is 10.0 Å². The molecule has 26 heavy (non-hydrogen) atoms. The first kappa shape index (κ1) is 20.7. The maximum atomic E-state index is 12.5. The summed E-state index contributed by atoms with van der Waals surface area (Å²) < 4.78 is 34.4. The van der Waals surface area contributed by atoms with Crippen LogP contribution in [0, 0.1) is 5.92 Å². The Labute approximate surface area is 160 Å². The molecule has 9 heteroatoms. The Bertz CT molecular complexity index is 804. The molecule has 2 N–H and O–H groups in total. The van der Waals surface area contributed by atoms with Crippen LogP contribution in [-0.4, -0.2) is 44.9 Å². The third-order valence-corrected chi connectivity index (χ3v) is 5.86. The number of rotatable bonds is 7. The van der Waals surface area contributed by atoms with Crippen LogP contribution in [0.1, 0.15) is 19.3 Å². The first-order valence-corrected chi connectivity index (χ1v) is 9.97. The summed E-state index contributed by atoms with van der Waals surface area (Å²) in [5, 5.41) is 7.51. The van der Waals surface area contributed by atoms with E-state index in [1.807, 2.05) is 24.3 Å². The first-order chi connectivity index (χ1) is 12.1. The molecule has 1 saturated heterocycles. The highest BCUT2D eigenvalue weighted by Crippen LogP contribution is 2.22. The summed E-state index contributed by atoms with van der Waals surface area (Å²) in [6.45, 7) is 2.46. The number of halogens is 1. The number of benzene rings is 1. The van der Waals surface area contributed by atoms with E-state index in [2.05, 4.69) is 15.1 Å². The quantitative estimate of drug-likeness (QED) is 0.742. The van der Waals surface area contributed by atoms with Crippen LogP contribution in [0.4, 0.5) is 0 Å². The lowest BCUT2D eigenvalue weighted by molar-refractivity contribution is 0.358. The van der Waals surface area contributed by atoms with Crippen LogP contribution >= 0.6 is 12.4 Å². The highest BCUT2D eigenvalue weighted by atomic mass is 35.5. The molecule has 1 aliphatic heterocycles. The molecule has 1 aromatic carbocycles. The van der Waals surface area contributed by atoms with E-state index in [1.165, 1.54) is 17.1 Å². The number of sulfonamides is 1. The average molecular weight is 401 g/mol. The molecule has 2 heterocycles. The summed E-state index contributed by atoms with van der Waals surface area (Å²) in [6, 6.07) is 7.34. The molecular formula is C17H25ClN4O3S. The predicted octanol–water partition coefficient (Wildman–Crippen LogP) is 1.97. The number of hydrogen-bond donors (Lipinski definition) is 2. The number of methoxy groups -OCH3 is 1. The van der Waals surface area contributed by atoms with Gasteiger partial charge in [0.1, 0.15) is 16.3 Å². The lowest BCUT2D eigenvalue weighted by Gasteiger charge is -2.22. The summed E-state index contributed by atoms with van der Waals surface area (Å²) in [6.07, 6.45) is 6.01. The van der Waals surface area contributed by atoms with Gasteiger partial charge in [-0.15, -0.1) is 12.4 Å². The highest BCUT2D eigenvalue weighted by Gasteiger charge is 2.19. The van der Waals surface area contributed by atoms with Gasteiger partial charge < -0.3 is 10.1 Å². The fourth-order valence-corrected chi connectivity index (χ4v) is 4.02. The van der Waals surface area contributed by atoms with Crippen molar-refractivity contribution in [2.45, 2.75) is 24.2 Å². The molecule has 1 aromatic heterocycles. The van der Waals surface area contributed by atoms with E-state index in [4.69, 9.17) is 4.74 Å². The Morgan fingerprint density at radius 3 is 2.92 bits per heavy atom. The molecule has 3 rings (SSSR count). The van der Waals surface area contributed by atoms with Crippen molar-refractivity contribution in [1.29, 1.82) is 0 Å². The Morgan fingerprint density at radius 1 is 1.38 bits per heavy atom. The SMILES string of the molecule is COc1ccccc1-n1cc(S(=O)(=O)NCCC2CCCNC2)cn1.Cl. The number of nitrogens with zero attached hydrogens (tertiary/aromatic N) is 2. The minimum absolute atomic E-state index is 0. The summed E-state index contributed by atoms with van der Waals surface area (Å²) in [5.41, 5.74) is 0.694. The van der Waals surface area contributed by atoms with Crippen LogP contribution in [-0.2, 0) is 10.0 Å². The van der Waals surface area contributed by atoms with E-state index in [-0.39, 0.29) is 17.3 Å². The van der Waals surface area contributed by atoms with Crippen molar-refractivity contribution in [2.24, 2.45) is 5.92 Å². The van der Waals surface area contributed by atoms with E-state index in [1.54, 1.807) is 7.11 Å². The standard InChI is InChI=1S/C17H24N4O3S.ClH/c1-24-17-7-3-2-6-16(17)21-13-15(12-19-21)25(22,23)20-10-8-14-5-4-9-18-11-14;/h2-3,6-7,12-14,18,20H,4-5,8-11H2,1H3;1H. The maximum absolute atomic E-state index is 12.5. The number of nitrogens with one attached hydrogen (secondary N) is 2. The molecule has 0 bridgehead atoms. The van der Waals surface area contributed by atoms with Gasteiger partial charge in [-0.2, -0.15) is 5.10 Å². The summed E-state index contributed by atoms with van der Waals surface area (Å²) >= 11 is 0. The van der Waals surface area contributed by atoms with Crippen molar-refractivity contribution < 1.29 is 13.2 Å². The van der Waals surface area contributed by atoms with Crippen LogP contribution in [0.15, 0.2) is 41.6 Å². The molecule has 1 atom stereocenters. The summed E-state index contributed by atoms with van der Waals surface area (Å²) in [5.74, 6) is 1.17. The molecule has 1 aliphatic rings. The van der Waals surface area contributed by atoms with Crippen molar-refractivity contribution in [2.75, 3.05) is 26.7 Å². The molecule has 1 fully saturated rings. The van der Waals surface area contributed by atoms with Crippen molar-refractivity contribution in [3.8, 4) is 11.4 Å². The van der Waals surface area contributed by atoms with E-state index in [0.29, 0.717) is 23.9 Å². The predicted molar refractivity (Wildman–Crippen MR) is 103 cm³/mol. The Morgan fingerprint density at radius 2 is 2.19 bits per heavy atom. The van der Waals surface area contributed by atoms with Gasteiger partial charge in [-0.25, -0.2) is 17.8 Å². The van der Waals surface area contributed by atoms with Crippen LogP contribution in [0.25, 0.3) is 5.69 Å². The number of para-hydroxylation sites is 2. The van der Waals surface area contributed by atoms with Crippen molar-refractivity contribution in [3.63, 3.8) is 0 Å². The minimum Gasteiger partial charge on any atom is -0.494 e. The Hall–Kier alpha value is -1.61. The molecule has 7 nitrogen and oxygen atoms in total. The third-order valence-electron chi connectivity index (χ3n) is 4.44. The largest absolute Gasteiger partial charge is 0.494 e. The fourth-order valence-electron chi connectivity index (χ4n) is 3.05. The number of piperidine rings is 1. The topological polar surface area (TPSA) is 85.2 Å². The molecule has 144 valence electrons. The second kappa shape index (κ2) is 9.36. The second-order valence-electron chi connectivity index (χ2n) is 6.19. The normalized spacial score (nSPS) is 17.5. The fraction of sp³-hybridized carbons (Fsp3) is 0.471. The van der Waals surface area contributed by atoms with Gasteiger partial charge in [-0.1, -0.05) is 12.1 Å². The summed E-state index contributed by atoms with van der Waals surface area (Å²) in [7, 11) is -1.99. The molecular weight excluding hydrogens is 376 g/mol. The van der Waals surface area contributed by atoms with Gasteiger partial charge in [0.15, 0.2) is 0 Å². The molecule has 0 amide bonds. The smallest absolute Gasteiger partial charge is 0.243 e. The van der Waals surface area contributed by atoms with Crippen LogP contribution in [0.2, 0.25) is 0 Å². The Kier molecular flexibility index (Phi) is 7.45. The van der Waals surface area contributed by atoms with Crippen molar-refractivity contribution in [3.05, 3.63) is 36.7 Å². The zero-order valence-electron chi connectivity index (χ0n) is 14.7. The zero-order chi connectivity index (χ0) is 17.7. The second-order valence-corrected chi connectivity index (χ2v) is 7.96. The van der Waals surface area contributed by atoms with Crippen molar-refractivity contribution >= 4 is 22.4 Å². The molecule has 0 spiro atoms. The van der Waals surface area contributed by atoms with Gasteiger partial charge in [0, 0.05) is 6.54 Å². The van der Waals surface area contributed by atoms with E-state index >= 15 is 0 Å². The Balaban J connectivity index is 0.00000243. The van der Waals surface area contributed by atoms with E-state index in [0.717, 1.165) is 32.4 Å². The van der Waals surface area contributed by atoms with Crippen molar-refractivity contribution in [1.82, 2.24) is 19.8 Å². The summed E-state index contributed by atoms with van der Waals surface area (Å²) in [4.78, 5) is 0.153. The number of ether oxygens (including phenoxy) is 1. The zero-order valence-corrected chi connectivity index (χ0v) is 16.4. The van der Waals surface area contributed by atoms with Crippen LogP contribution < -0.4 is 14.8 Å². The van der Waals surface area contributed by atoms with Crippen LogP contribution in [0.5, 0.6) is 5.75 Å². The van der Waals surface area contributed by atoms with E-state index in [9.17, 15) is 8.42 Å². The molecule has 0 aliphatic carbocycles. The lowest BCUT2D eigenvalue weighted by atomic mass is 9.96. The molecule has 1 unspecified atom stereocenters. The van der Waals surface area contributed by atoms with Crippen LogP contribution in [0.3, 0.4) is 0 Å². The molecule has 2 aromatic rings. The number of aromatic nitrogens is 2. The highest BCUT2D eigenvalue weighted by molar-refractivity contribution is 7.89. The third kappa shape index (κ3) is 4.97. The van der Waals surface area contributed by atoms with Gasteiger partial charge in [-0.05, 0) is 50.4 Å². The van der Waals surface area contributed by atoms with Gasteiger partial charge in [-0.3, -0.25) is 0 Å².